The van der Waals surface area contributed by atoms with Crippen molar-refractivity contribution in [1.82, 2.24) is 5.32 Å². The molecule has 1 amide bonds. The first-order chi connectivity index (χ1) is 28.4. The average Bonchev–Trinajstić information content (AvgIpc) is 3.21. The average molecular weight is 843 g/mol. The van der Waals surface area contributed by atoms with E-state index in [2.05, 4.69) is 19.2 Å². The maximum Gasteiger partial charge on any atom is 0.472 e. The molecule has 0 fully saturated rings. The lowest BCUT2D eigenvalue weighted by molar-refractivity contribution is -0.123. The van der Waals surface area contributed by atoms with Crippen molar-refractivity contribution in [1.29, 1.82) is 0 Å². The number of hydrogen-bond donors (Lipinski definition) is 4. The predicted molar refractivity (Wildman–Crippen MR) is 249 cm³/mol. The summed E-state index contributed by atoms with van der Waals surface area (Å²) in [5.41, 5.74) is 5.37. The second-order valence-corrected chi connectivity index (χ2v) is 18.8. The van der Waals surface area contributed by atoms with E-state index in [0.29, 0.717) is 6.42 Å². The summed E-state index contributed by atoms with van der Waals surface area (Å²) in [6.07, 6.45) is 53.0. The van der Waals surface area contributed by atoms with Crippen LogP contribution >= 0.6 is 7.82 Å². The molecule has 0 saturated heterocycles. The van der Waals surface area contributed by atoms with E-state index >= 15 is 0 Å². The standard InChI is InChI=1S/C49H99N2O6P/c1-3-5-7-9-11-13-15-16-17-18-19-20-21-22-23-24-25-26-27-28-29-30-31-32-33-35-37-39-41-43-49(53)51-47(46-57-58(54,55)56-45-44-50)48(52)42-40-38-36-34-14-12-10-8-6-4-2/h40,42,47-48,52H,3-39,41,43-46,50H2,1-2H3,(H,51,53)(H,54,55)/b42-40+/t47-,48+/m0/s1. The zero-order chi connectivity index (χ0) is 42.5. The lowest BCUT2D eigenvalue weighted by atomic mass is 10.0. The van der Waals surface area contributed by atoms with Crippen LogP contribution in [0.4, 0.5) is 0 Å². The number of aliphatic hydroxyl groups excluding tert-OH is 1. The highest BCUT2D eigenvalue weighted by molar-refractivity contribution is 7.47. The minimum absolute atomic E-state index is 0.0812. The smallest absolute Gasteiger partial charge is 0.387 e. The van der Waals surface area contributed by atoms with Crippen LogP contribution in [-0.2, 0) is 18.4 Å². The Kier molecular flexibility index (Phi) is 45.2. The summed E-state index contributed by atoms with van der Waals surface area (Å²) < 4.78 is 22.1. The van der Waals surface area contributed by atoms with Gasteiger partial charge >= 0.3 is 7.82 Å². The number of allylic oxidation sites excluding steroid dienone is 1. The molecular weight excluding hydrogens is 744 g/mol. The normalized spacial score (nSPS) is 13.9. The van der Waals surface area contributed by atoms with Gasteiger partial charge in [0.05, 0.1) is 25.4 Å². The van der Waals surface area contributed by atoms with Crippen LogP contribution in [0.15, 0.2) is 12.2 Å². The maximum absolute atomic E-state index is 12.8. The van der Waals surface area contributed by atoms with Gasteiger partial charge in [0.25, 0.3) is 0 Å². The molecule has 8 nitrogen and oxygen atoms in total. The van der Waals surface area contributed by atoms with Crippen LogP contribution in [0.25, 0.3) is 0 Å². The molecule has 346 valence electrons. The number of carbonyl (C=O) groups is 1. The largest absolute Gasteiger partial charge is 0.472 e. The zero-order valence-electron chi connectivity index (χ0n) is 38.6. The summed E-state index contributed by atoms with van der Waals surface area (Å²) in [4.78, 5) is 22.7. The number of nitrogens with two attached hydrogens (primary N) is 1. The van der Waals surface area contributed by atoms with Gasteiger partial charge in [-0.3, -0.25) is 13.8 Å². The van der Waals surface area contributed by atoms with Gasteiger partial charge in [0.1, 0.15) is 0 Å². The first-order valence-corrected chi connectivity index (χ1v) is 26.8. The first kappa shape index (κ1) is 57.2. The lowest BCUT2D eigenvalue weighted by Crippen LogP contribution is -2.45. The van der Waals surface area contributed by atoms with E-state index in [1.807, 2.05) is 6.08 Å². The molecule has 58 heavy (non-hydrogen) atoms. The molecule has 1 unspecified atom stereocenters. The third-order valence-corrected chi connectivity index (χ3v) is 12.6. The van der Waals surface area contributed by atoms with Gasteiger partial charge in [-0.2, -0.15) is 0 Å². The number of nitrogens with one attached hydrogen (secondary N) is 1. The summed E-state index contributed by atoms with van der Waals surface area (Å²) in [6, 6.07) is -0.854. The Hall–Kier alpha value is -0.760. The third-order valence-electron chi connectivity index (χ3n) is 11.6. The van der Waals surface area contributed by atoms with Crippen LogP contribution in [0.1, 0.15) is 264 Å². The van der Waals surface area contributed by atoms with Crippen LogP contribution in [0.5, 0.6) is 0 Å². The molecule has 3 atom stereocenters. The number of carbonyl (C=O) groups excluding carboxylic acids is 1. The highest BCUT2D eigenvalue weighted by Gasteiger charge is 2.26. The number of phosphoric acid groups is 1. The van der Waals surface area contributed by atoms with Gasteiger partial charge in [-0.05, 0) is 19.3 Å². The molecule has 0 bridgehead atoms. The van der Waals surface area contributed by atoms with Crippen LogP contribution in [0, 0.1) is 0 Å². The fraction of sp³-hybridized carbons (Fsp3) is 0.939. The van der Waals surface area contributed by atoms with Crippen LogP contribution in [0.3, 0.4) is 0 Å². The molecule has 0 aliphatic heterocycles. The molecule has 0 radical (unpaired) electrons. The molecule has 0 aromatic heterocycles. The number of phosphoric ester groups is 1. The van der Waals surface area contributed by atoms with Gasteiger partial charge in [0.15, 0.2) is 0 Å². The molecular formula is C49H99N2O6P. The molecule has 0 aliphatic rings. The van der Waals surface area contributed by atoms with Crippen molar-refractivity contribution in [2.75, 3.05) is 19.8 Å². The molecule has 0 aromatic carbocycles. The summed E-state index contributed by atoms with van der Waals surface area (Å²) in [7, 11) is -4.33. The molecule has 9 heteroatoms. The minimum Gasteiger partial charge on any atom is -0.387 e. The molecule has 0 heterocycles. The van der Waals surface area contributed by atoms with Gasteiger partial charge in [-0.1, -0.05) is 251 Å². The van der Waals surface area contributed by atoms with E-state index < -0.39 is 20.0 Å². The van der Waals surface area contributed by atoms with Gasteiger partial charge in [0.2, 0.25) is 5.91 Å². The predicted octanol–water partition coefficient (Wildman–Crippen LogP) is 14.7. The first-order valence-electron chi connectivity index (χ1n) is 25.3. The Morgan fingerprint density at radius 3 is 1.22 bits per heavy atom. The van der Waals surface area contributed by atoms with Crippen molar-refractivity contribution in [2.45, 2.75) is 276 Å². The number of hydrogen-bond acceptors (Lipinski definition) is 6. The molecule has 0 rings (SSSR count). The lowest BCUT2D eigenvalue weighted by Gasteiger charge is -2.23. The quantitative estimate of drug-likeness (QED) is 0.0272. The number of amides is 1. The monoisotopic (exact) mass is 843 g/mol. The van der Waals surface area contributed by atoms with Crippen molar-refractivity contribution >= 4 is 13.7 Å². The molecule has 0 saturated carbocycles. The second kappa shape index (κ2) is 45.8. The summed E-state index contributed by atoms with van der Waals surface area (Å²) >= 11 is 0. The van der Waals surface area contributed by atoms with Crippen LogP contribution < -0.4 is 11.1 Å². The SMILES string of the molecule is CCCCCCCCCC/C=C/[C@@H](O)[C@H](COP(=O)(O)OCCN)NC(=O)CCCCCCCCCCCCCCCCCCCCCCCCCCCCCCC. The second-order valence-electron chi connectivity index (χ2n) is 17.4. The fourth-order valence-corrected chi connectivity index (χ4v) is 8.54. The number of rotatable bonds is 48. The summed E-state index contributed by atoms with van der Waals surface area (Å²) in [5, 5.41) is 13.6. The van der Waals surface area contributed by atoms with E-state index in [0.717, 1.165) is 38.5 Å². The number of aliphatic hydroxyl groups is 1. The Labute approximate surface area is 360 Å². The van der Waals surface area contributed by atoms with Crippen molar-refractivity contribution in [2.24, 2.45) is 5.73 Å². The third kappa shape index (κ3) is 43.3. The summed E-state index contributed by atoms with van der Waals surface area (Å²) in [6.45, 7) is 4.15. The van der Waals surface area contributed by atoms with E-state index in [4.69, 9.17) is 14.8 Å². The van der Waals surface area contributed by atoms with Gasteiger partial charge < -0.3 is 21.1 Å². The Bertz CT molecular complexity index is 922. The topological polar surface area (TPSA) is 131 Å². The van der Waals surface area contributed by atoms with Crippen molar-refractivity contribution < 1.29 is 28.4 Å². The van der Waals surface area contributed by atoms with Gasteiger partial charge in [-0.15, -0.1) is 0 Å². The molecule has 0 aliphatic carbocycles. The van der Waals surface area contributed by atoms with E-state index in [9.17, 15) is 19.4 Å². The molecule has 5 N–H and O–H groups in total. The van der Waals surface area contributed by atoms with E-state index in [1.54, 1.807) is 6.08 Å². The highest BCUT2D eigenvalue weighted by atomic mass is 31.2. The van der Waals surface area contributed by atoms with Crippen LogP contribution in [0.2, 0.25) is 0 Å². The zero-order valence-corrected chi connectivity index (χ0v) is 39.5. The van der Waals surface area contributed by atoms with Crippen molar-refractivity contribution in [3.05, 3.63) is 12.2 Å². The Morgan fingerprint density at radius 2 is 0.879 bits per heavy atom. The maximum atomic E-state index is 12.8. The van der Waals surface area contributed by atoms with Crippen LogP contribution in [-0.4, -0.2) is 47.8 Å². The Morgan fingerprint density at radius 1 is 0.552 bits per heavy atom. The van der Waals surface area contributed by atoms with Crippen molar-refractivity contribution in [3.8, 4) is 0 Å². The number of unbranched alkanes of at least 4 members (excludes halogenated alkanes) is 36. The minimum atomic E-state index is -4.33. The Balaban J connectivity index is 3.83. The van der Waals surface area contributed by atoms with Gasteiger partial charge in [0, 0.05) is 13.0 Å². The van der Waals surface area contributed by atoms with Crippen molar-refractivity contribution in [3.63, 3.8) is 0 Å². The molecule has 0 aromatic rings. The van der Waals surface area contributed by atoms with E-state index in [-0.39, 0.29) is 25.7 Å². The van der Waals surface area contributed by atoms with E-state index in [1.165, 1.54) is 205 Å². The highest BCUT2D eigenvalue weighted by Crippen LogP contribution is 2.43. The molecule has 0 spiro atoms. The fourth-order valence-electron chi connectivity index (χ4n) is 7.78. The summed E-state index contributed by atoms with van der Waals surface area (Å²) in [5.74, 6) is -0.190. The van der Waals surface area contributed by atoms with Gasteiger partial charge in [-0.25, -0.2) is 4.57 Å².